The molecule has 0 aliphatic carbocycles. The number of ether oxygens (including phenoxy) is 1. The lowest BCUT2D eigenvalue weighted by molar-refractivity contribution is -0.150. The number of nitrogens with one attached hydrogen (secondary N) is 2. The van der Waals surface area contributed by atoms with Crippen molar-refractivity contribution in [3.8, 4) is 0 Å². The van der Waals surface area contributed by atoms with Crippen molar-refractivity contribution in [2.24, 2.45) is 5.73 Å². The van der Waals surface area contributed by atoms with E-state index in [2.05, 4.69) is 5.32 Å². The Balaban J connectivity index is 0.00000380. The van der Waals surface area contributed by atoms with Gasteiger partial charge in [-0.2, -0.15) is 13.2 Å². The summed E-state index contributed by atoms with van der Waals surface area (Å²) in [4.78, 5) is 40.0. The summed E-state index contributed by atoms with van der Waals surface area (Å²) in [6.45, 7) is -1.55. The minimum Gasteiger partial charge on any atom is -0.384 e. The highest BCUT2D eigenvalue weighted by molar-refractivity contribution is 6.05. The van der Waals surface area contributed by atoms with E-state index in [1.54, 1.807) is 0 Å². The molecule has 198 valence electrons. The molecule has 2 aromatic rings. The molecule has 14 heteroatoms. The first kappa shape index (κ1) is 27.9. The number of rotatable bonds is 6. The van der Waals surface area contributed by atoms with Crippen LogP contribution < -0.4 is 16.0 Å². The maximum atomic E-state index is 13.1. The molecule has 2 atom stereocenters. The molecule has 0 bridgehead atoms. The molecule has 3 amide bonds. The van der Waals surface area contributed by atoms with Crippen molar-refractivity contribution in [1.82, 2.24) is 4.90 Å². The molecule has 5 N–H and O–H groups in total. The van der Waals surface area contributed by atoms with Gasteiger partial charge in [-0.05, 0) is 42.0 Å². The highest BCUT2D eigenvalue weighted by Crippen LogP contribution is 2.31. The topological polar surface area (TPSA) is 149 Å². The second-order valence-corrected chi connectivity index (χ2v) is 8.32. The second-order valence-electron chi connectivity index (χ2n) is 8.32. The highest BCUT2D eigenvalue weighted by Gasteiger charge is 2.41. The van der Waals surface area contributed by atoms with Gasteiger partial charge in [0.25, 0.3) is 17.7 Å². The number of hydrogen-bond donors (Lipinski definition) is 4. The lowest BCUT2D eigenvalue weighted by atomic mass is 10.1. The average molecular weight is 542 g/mol. The van der Waals surface area contributed by atoms with Gasteiger partial charge in [0.2, 0.25) is 0 Å². The van der Waals surface area contributed by atoms with Crippen LogP contribution in [0.5, 0.6) is 0 Å². The van der Waals surface area contributed by atoms with Crippen LogP contribution in [0.1, 0.15) is 21.5 Å². The highest BCUT2D eigenvalue weighted by atomic mass is 35.5. The molecular weight excluding hydrogens is 519 g/mol. The Kier molecular flexibility index (Phi) is 8.10. The third-order valence-corrected chi connectivity index (χ3v) is 5.79. The van der Waals surface area contributed by atoms with Crippen molar-refractivity contribution in [3.05, 3.63) is 59.2 Å². The standard InChI is InChI=1S/C23H22F3N5O5.ClH/c24-23(25,26)11-30-10-13-3-6-15(9-16(13)21(30)34)31-7-8-36-18(22(31)35)17(32)20(33)29-14-4-1-12(2-5-14)19(27)28;/h1-6,9,17-18,32H,7-8,10-11H2,(H3,27,28)(H,29,33);1H/t17-,18-;/m1./s1. The summed E-state index contributed by atoms with van der Waals surface area (Å²) in [5, 5.41) is 20.3. The molecule has 37 heavy (non-hydrogen) atoms. The number of carbonyl (C=O) groups excluding carboxylic acids is 3. The van der Waals surface area contributed by atoms with Gasteiger partial charge < -0.3 is 30.7 Å². The van der Waals surface area contributed by atoms with Gasteiger partial charge in [0.15, 0.2) is 12.2 Å². The number of aliphatic hydroxyl groups excluding tert-OH is 1. The van der Waals surface area contributed by atoms with E-state index in [0.717, 1.165) is 0 Å². The van der Waals surface area contributed by atoms with Crippen LogP contribution in [0.4, 0.5) is 24.5 Å². The number of nitrogen functional groups attached to an aromatic ring is 1. The third kappa shape index (κ3) is 6.01. The zero-order chi connectivity index (χ0) is 26.2. The Morgan fingerprint density at radius 2 is 1.89 bits per heavy atom. The lowest BCUT2D eigenvalue weighted by Gasteiger charge is -2.34. The lowest BCUT2D eigenvalue weighted by Crippen LogP contribution is -2.55. The fourth-order valence-electron chi connectivity index (χ4n) is 4.04. The fourth-order valence-corrected chi connectivity index (χ4v) is 4.04. The third-order valence-electron chi connectivity index (χ3n) is 5.79. The van der Waals surface area contributed by atoms with E-state index in [1.807, 2.05) is 0 Å². The normalized spacial score (nSPS) is 18.2. The van der Waals surface area contributed by atoms with Gasteiger partial charge in [-0.25, -0.2) is 0 Å². The zero-order valence-electron chi connectivity index (χ0n) is 19.1. The maximum absolute atomic E-state index is 13.1. The van der Waals surface area contributed by atoms with Crippen LogP contribution in [0.2, 0.25) is 0 Å². The number of nitrogens with two attached hydrogens (primary N) is 1. The number of anilines is 2. The second kappa shape index (κ2) is 10.7. The first-order valence-corrected chi connectivity index (χ1v) is 10.8. The molecule has 2 aliphatic rings. The van der Waals surface area contributed by atoms with Crippen molar-refractivity contribution in [2.45, 2.75) is 24.9 Å². The maximum Gasteiger partial charge on any atom is 0.406 e. The summed E-state index contributed by atoms with van der Waals surface area (Å²) < 4.78 is 43.6. The van der Waals surface area contributed by atoms with E-state index in [-0.39, 0.29) is 49.2 Å². The van der Waals surface area contributed by atoms with E-state index < -0.39 is 42.7 Å². The fraction of sp³-hybridized carbons (Fsp3) is 0.304. The molecular formula is C23H23ClF3N5O5. The Morgan fingerprint density at radius 3 is 2.51 bits per heavy atom. The van der Waals surface area contributed by atoms with Gasteiger partial charge in [0, 0.05) is 35.6 Å². The molecule has 0 spiro atoms. The molecule has 0 aromatic heterocycles. The van der Waals surface area contributed by atoms with Crippen molar-refractivity contribution in [2.75, 3.05) is 29.9 Å². The molecule has 0 radical (unpaired) electrons. The summed E-state index contributed by atoms with van der Waals surface area (Å²) in [6, 6.07) is 10.2. The summed E-state index contributed by atoms with van der Waals surface area (Å²) in [6.07, 6.45) is -7.95. The van der Waals surface area contributed by atoms with Crippen molar-refractivity contribution >= 4 is 47.3 Å². The van der Waals surface area contributed by atoms with Crippen LogP contribution in [0, 0.1) is 5.41 Å². The van der Waals surface area contributed by atoms with Gasteiger partial charge in [0.1, 0.15) is 12.4 Å². The molecule has 2 heterocycles. The molecule has 2 aliphatic heterocycles. The predicted octanol–water partition coefficient (Wildman–Crippen LogP) is 1.64. The Hall–Kier alpha value is -3.68. The number of fused-ring (bicyclic) bond motifs is 1. The van der Waals surface area contributed by atoms with E-state index in [0.29, 0.717) is 21.7 Å². The van der Waals surface area contributed by atoms with Crippen LogP contribution in [0.25, 0.3) is 0 Å². The summed E-state index contributed by atoms with van der Waals surface area (Å²) in [5.41, 5.74) is 6.81. The number of halogens is 4. The van der Waals surface area contributed by atoms with E-state index >= 15 is 0 Å². The summed E-state index contributed by atoms with van der Waals surface area (Å²) in [7, 11) is 0. The number of benzene rings is 2. The molecule has 0 saturated carbocycles. The van der Waals surface area contributed by atoms with Gasteiger partial charge in [0.05, 0.1) is 6.61 Å². The van der Waals surface area contributed by atoms with Crippen LogP contribution in [-0.4, -0.2) is 71.6 Å². The average Bonchev–Trinajstić information content (AvgIpc) is 3.12. The quantitative estimate of drug-likeness (QED) is 0.323. The Bertz CT molecular complexity index is 1220. The molecule has 0 unspecified atom stereocenters. The zero-order valence-corrected chi connectivity index (χ0v) is 19.9. The molecule has 1 saturated heterocycles. The van der Waals surface area contributed by atoms with Crippen LogP contribution in [0.15, 0.2) is 42.5 Å². The van der Waals surface area contributed by atoms with E-state index in [1.165, 1.54) is 47.4 Å². The Morgan fingerprint density at radius 1 is 1.22 bits per heavy atom. The monoisotopic (exact) mass is 541 g/mol. The van der Waals surface area contributed by atoms with Crippen molar-refractivity contribution < 1.29 is 37.4 Å². The number of amides is 3. The number of hydrogen-bond acceptors (Lipinski definition) is 6. The molecule has 4 rings (SSSR count). The van der Waals surface area contributed by atoms with Gasteiger partial charge in [-0.15, -0.1) is 12.4 Å². The number of alkyl halides is 3. The van der Waals surface area contributed by atoms with Crippen molar-refractivity contribution in [1.29, 1.82) is 5.41 Å². The predicted molar refractivity (Wildman–Crippen MR) is 129 cm³/mol. The molecule has 2 aromatic carbocycles. The van der Waals surface area contributed by atoms with Crippen LogP contribution >= 0.6 is 12.4 Å². The minimum absolute atomic E-state index is 0. The summed E-state index contributed by atoms with van der Waals surface area (Å²) in [5.74, 6) is -2.60. The number of aliphatic hydroxyl groups is 1. The number of morpholine rings is 1. The largest absolute Gasteiger partial charge is 0.406 e. The molecule has 1 fully saturated rings. The minimum atomic E-state index is -4.54. The number of nitrogens with zero attached hydrogens (tertiary/aromatic N) is 2. The van der Waals surface area contributed by atoms with Crippen molar-refractivity contribution in [3.63, 3.8) is 0 Å². The van der Waals surface area contributed by atoms with E-state index in [4.69, 9.17) is 15.9 Å². The first-order valence-electron chi connectivity index (χ1n) is 10.8. The van der Waals surface area contributed by atoms with Gasteiger partial charge >= 0.3 is 6.18 Å². The van der Waals surface area contributed by atoms with Crippen LogP contribution in [0.3, 0.4) is 0 Å². The SMILES string of the molecule is Cl.N=C(N)c1ccc(NC(=O)[C@H](O)[C@H]2OCCN(c3ccc4c(c3)C(=O)N(CC(F)(F)F)C4)C2=O)cc1. The number of carbonyl (C=O) groups is 3. The summed E-state index contributed by atoms with van der Waals surface area (Å²) >= 11 is 0. The smallest absolute Gasteiger partial charge is 0.384 e. The first-order chi connectivity index (χ1) is 16.9. The van der Waals surface area contributed by atoms with Gasteiger partial charge in [-0.3, -0.25) is 19.8 Å². The van der Waals surface area contributed by atoms with E-state index in [9.17, 15) is 32.7 Å². The Labute approximate surface area is 215 Å². The van der Waals surface area contributed by atoms with Gasteiger partial charge in [-0.1, -0.05) is 6.07 Å². The molecule has 10 nitrogen and oxygen atoms in total. The number of amidine groups is 1. The van der Waals surface area contributed by atoms with Crippen LogP contribution in [-0.2, 0) is 20.9 Å².